The van der Waals surface area contributed by atoms with E-state index in [9.17, 15) is 26.0 Å². The van der Waals surface area contributed by atoms with Gasteiger partial charge in [0.2, 0.25) is 0 Å². The number of aromatic nitrogens is 2. The molecule has 1 heterocycles. The highest BCUT2D eigenvalue weighted by Crippen LogP contribution is 2.42. The summed E-state index contributed by atoms with van der Waals surface area (Å²) in [6.45, 7) is 1.51. The average molecular weight is 412 g/mol. The van der Waals surface area contributed by atoms with Gasteiger partial charge in [-0.05, 0) is 36.2 Å². The molecule has 0 N–H and O–H groups in total. The lowest BCUT2D eigenvalue weighted by Gasteiger charge is -2.12. The second-order valence-electron chi connectivity index (χ2n) is 6.45. The lowest BCUT2D eigenvalue weighted by Crippen LogP contribution is -2.13. The van der Waals surface area contributed by atoms with E-state index in [0.29, 0.717) is 10.2 Å². The summed E-state index contributed by atoms with van der Waals surface area (Å²) in [4.78, 5) is 0.0335. The average Bonchev–Trinajstić information content (AvgIpc) is 2.94. The molecule has 148 valence electrons. The second kappa shape index (κ2) is 6.73. The summed E-state index contributed by atoms with van der Waals surface area (Å²) in [7, 11) is -2.30. The van der Waals surface area contributed by atoms with Crippen LogP contribution in [0.3, 0.4) is 0 Å². The van der Waals surface area contributed by atoms with E-state index >= 15 is 0 Å². The molecule has 2 aromatic carbocycles. The maximum Gasteiger partial charge on any atom is 0.433 e. The van der Waals surface area contributed by atoms with E-state index in [-0.39, 0.29) is 27.3 Å². The molecule has 0 saturated carbocycles. The van der Waals surface area contributed by atoms with E-state index in [1.807, 2.05) is 0 Å². The summed E-state index contributed by atoms with van der Waals surface area (Å²) in [5.41, 5.74) is -0.669. The van der Waals surface area contributed by atoms with E-state index in [0.717, 1.165) is 19.4 Å². The molecule has 0 radical (unpaired) electrons. The number of benzene rings is 2. The first-order valence-corrected chi connectivity index (χ1v) is 10.00. The fraction of sp³-hybridized carbons (Fsp3) is 0.211. The molecular weight excluding hydrogens is 396 g/mol. The minimum atomic E-state index is -4.72. The Morgan fingerprint density at radius 2 is 1.57 bits per heavy atom. The molecule has 0 unspecified atom stereocenters. The van der Waals surface area contributed by atoms with Crippen molar-refractivity contribution in [2.45, 2.75) is 18.0 Å². The standard InChI is InChI=1S/C19H16F4N2O2S/c1-11-4-5-13(10-15(11)20)16-17(24-25(2)18(16)19(21,22)23)12-6-8-14(9-7-12)28(3,26)27/h4-10H,1-3H3. The van der Waals surface area contributed by atoms with Crippen LogP contribution in [0.2, 0.25) is 0 Å². The van der Waals surface area contributed by atoms with Crippen LogP contribution in [0.25, 0.3) is 22.4 Å². The van der Waals surface area contributed by atoms with Crippen molar-refractivity contribution in [3.05, 3.63) is 59.5 Å². The molecular formula is C19H16F4N2O2S. The predicted octanol–water partition coefficient (Wildman–Crippen LogP) is 4.62. The Kier molecular flexibility index (Phi) is 4.82. The van der Waals surface area contributed by atoms with Gasteiger partial charge in [0, 0.05) is 24.4 Å². The van der Waals surface area contributed by atoms with Crippen LogP contribution in [0, 0.1) is 12.7 Å². The van der Waals surface area contributed by atoms with Gasteiger partial charge in [-0.15, -0.1) is 0 Å². The number of rotatable bonds is 3. The number of alkyl halides is 3. The smallest absolute Gasteiger partial charge is 0.262 e. The summed E-state index contributed by atoms with van der Waals surface area (Å²) in [5.74, 6) is -0.632. The highest BCUT2D eigenvalue weighted by Gasteiger charge is 2.40. The van der Waals surface area contributed by atoms with Gasteiger partial charge in [-0.1, -0.05) is 24.3 Å². The number of aryl methyl sites for hydroxylation is 2. The van der Waals surface area contributed by atoms with Crippen LogP contribution in [0.5, 0.6) is 0 Å². The van der Waals surface area contributed by atoms with Crippen LogP contribution >= 0.6 is 0 Å². The Bertz CT molecular complexity index is 1150. The molecule has 0 atom stereocenters. The summed E-state index contributed by atoms with van der Waals surface area (Å²) in [5, 5.41) is 3.99. The molecule has 4 nitrogen and oxygen atoms in total. The molecule has 0 fully saturated rings. The Hall–Kier alpha value is -2.68. The highest BCUT2D eigenvalue weighted by atomic mass is 32.2. The van der Waals surface area contributed by atoms with Crippen LogP contribution < -0.4 is 0 Å². The van der Waals surface area contributed by atoms with E-state index in [1.54, 1.807) is 0 Å². The van der Waals surface area contributed by atoms with Gasteiger partial charge < -0.3 is 0 Å². The number of halogens is 4. The molecule has 0 aliphatic rings. The topological polar surface area (TPSA) is 52.0 Å². The number of nitrogens with zero attached hydrogens (tertiary/aromatic N) is 2. The summed E-state index contributed by atoms with van der Waals surface area (Å²) < 4.78 is 79.1. The second-order valence-corrected chi connectivity index (χ2v) is 8.47. The third-order valence-electron chi connectivity index (χ3n) is 4.33. The van der Waals surface area contributed by atoms with Gasteiger partial charge in [0.15, 0.2) is 15.5 Å². The molecule has 0 aliphatic heterocycles. The lowest BCUT2D eigenvalue weighted by atomic mass is 9.97. The third kappa shape index (κ3) is 3.66. The molecule has 0 aliphatic carbocycles. The zero-order valence-electron chi connectivity index (χ0n) is 15.2. The lowest BCUT2D eigenvalue weighted by molar-refractivity contribution is -0.143. The van der Waals surface area contributed by atoms with E-state index in [1.165, 1.54) is 43.3 Å². The van der Waals surface area contributed by atoms with Crippen LogP contribution in [-0.2, 0) is 23.1 Å². The van der Waals surface area contributed by atoms with E-state index in [2.05, 4.69) is 5.10 Å². The summed E-state index contributed by atoms with van der Waals surface area (Å²) >= 11 is 0. The Morgan fingerprint density at radius 3 is 2.07 bits per heavy atom. The van der Waals surface area contributed by atoms with Crippen molar-refractivity contribution in [1.82, 2.24) is 9.78 Å². The normalized spacial score (nSPS) is 12.4. The van der Waals surface area contributed by atoms with Gasteiger partial charge in [-0.3, -0.25) is 4.68 Å². The molecule has 0 bridgehead atoms. The fourth-order valence-corrected chi connectivity index (χ4v) is 3.56. The zero-order valence-corrected chi connectivity index (χ0v) is 16.0. The molecule has 1 aromatic heterocycles. The zero-order chi connectivity index (χ0) is 20.9. The molecule has 0 saturated heterocycles. The van der Waals surface area contributed by atoms with Crippen molar-refractivity contribution in [1.29, 1.82) is 0 Å². The van der Waals surface area contributed by atoms with Crippen LogP contribution in [0.15, 0.2) is 47.4 Å². The molecule has 3 aromatic rings. The van der Waals surface area contributed by atoms with Crippen molar-refractivity contribution >= 4 is 9.84 Å². The predicted molar refractivity (Wildman–Crippen MR) is 96.9 cm³/mol. The Balaban J connectivity index is 2.29. The maximum absolute atomic E-state index is 14.0. The van der Waals surface area contributed by atoms with Crippen molar-refractivity contribution in [3.8, 4) is 22.4 Å². The minimum Gasteiger partial charge on any atom is -0.262 e. The van der Waals surface area contributed by atoms with E-state index in [4.69, 9.17) is 0 Å². The van der Waals surface area contributed by atoms with Crippen molar-refractivity contribution in [2.75, 3.05) is 6.26 Å². The van der Waals surface area contributed by atoms with E-state index < -0.39 is 27.5 Å². The van der Waals surface area contributed by atoms with Gasteiger partial charge in [-0.25, -0.2) is 12.8 Å². The molecule has 0 spiro atoms. The minimum absolute atomic E-state index is 0.0156. The summed E-state index contributed by atoms with van der Waals surface area (Å²) in [6.07, 6.45) is -3.69. The number of hydrogen-bond acceptors (Lipinski definition) is 3. The monoisotopic (exact) mass is 412 g/mol. The van der Waals surface area contributed by atoms with Gasteiger partial charge in [0.25, 0.3) is 0 Å². The van der Waals surface area contributed by atoms with Gasteiger partial charge in [0.05, 0.1) is 4.90 Å². The SMILES string of the molecule is Cc1ccc(-c2c(-c3ccc(S(C)(=O)=O)cc3)nn(C)c2C(F)(F)F)cc1F. The summed E-state index contributed by atoms with van der Waals surface area (Å²) in [6, 6.07) is 9.20. The first-order valence-electron chi connectivity index (χ1n) is 8.11. The number of hydrogen-bond donors (Lipinski definition) is 0. The largest absolute Gasteiger partial charge is 0.433 e. The fourth-order valence-electron chi connectivity index (χ4n) is 2.93. The maximum atomic E-state index is 14.0. The van der Waals surface area contributed by atoms with Crippen LogP contribution in [0.1, 0.15) is 11.3 Å². The highest BCUT2D eigenvalue weighted by molar-refractivity contribution is 7.90. The van der Waals surface area contributed by atoms with Crippen molar-refractivity contribution in [2.24, 2.45) is 7.05 Å². The van der Waals surface area contributed by atoms with Gasteiger partial charge >= 0.3 is 6.18 Å². The quantitative estimate of drug-likeness (QED) is 0.590. The van der Waals surface area contributed by atoms with Crippen molar-refractivity contribution in [3.63, 3.8) is 0 Å². The molecule has 28 heavy (non-hydrogen) atoms. The van der Waals surface area contributed by atoms with Crippen molar-refractivity contribution < 1.29 is 26.0 Å². The molecule has 3 rings (SSSR count). The first-order chi connectivity index (χ1) is 12.9. The Morgan fingerprint density at radius 1 is 1.00 bits per heavy atom. The number of sulfone groups is 1. The first kappa shape index (κ1) is 20.1. The third-order valence-corrected chi connectivity index (χ3v) is 5.46. The molecule has 0 amide bonds. The van der Waals surface area contributed by atoms with Crippen LogP contribution in [0.4, 0.5) is 17.6 Å². The van der Waals surface area contributed by atoms with Gasteiger partial charge in [-0.2, -0.15) is 18.3 Å². The Labute approximate surface area is 159 Å². The van der Waals surface area contributed by atoms with Crippen LogP contribution in [-0.4, -0.2) is 24.5 Å². The van der Waals surface area contributed by atoms with Gasteiger partial charge in [0.1, 0.15) is 11.5 Å². The molecule has 9 heteroatoms.